The minimum Gasteiger partial charge on any atom is -0.455 e. The van der Waals surface area contributed by atoms with E-state index in [1.807, 2.05) is 30.3 Å². The van der Waals surface area contributed by atoms with Crippen molar-refractivity contribution in [3.63, 3.8) is 0 Å². The number of hydrogen-bond acceptors (Lipinski definition) is 5. The van der Waals surface area contributed by atoms with E-state index in [-0.39, 0.29) is 24.3 Å². The first-order valence-corrected chi connectivity index (χ1v) is 10.3. The van der Waals surface area contributed by atoms with Gasteiger partial charge in [-0.1, -0.05) is 30.3 Å². The molecule has 0 radical (unpaired) electrons. The molecule has 0 bridgehead atoms. The van der Waals surface area contributed by atoms with Crippen LogP contribution in [0.15, 0.2) is 30.3 Å². The molecule has 2 saturated heterocycles. The van der Waals surface area contributed by atoms with Crippen molar-refractivity contribution in [3.8, 4) is 0 Å². The van der Waals surface area contributed by atoms with Gasteiger partial charge in [-0.25, -0.2) is 0 Å². The molecule has 2 aliphatic heterocycles. The van der Waals surface area contributed by atoms with Crippen molar-refractivity contribution in [3.05, 3.63) is 35.9 Å². The highest BCUT2D eigenvalue weighted by Gasteiger charge is 2.45. The lowest BCUT2D eigenvalue weighted by Gasteiger charge is -2.40. The van der Waals surface area contributed by atoms with Crippen LogP contribution in [0, 0.1) is 0 Å². The maximum Gasteiger partial charge on any atom is 0.317 e. The van der Waals surface area contributed by atoms with Gasteiger partial charge < -0.3 is 19.4 Å². The number of ether oxygens (including phenoxy) is 1. The molecule has 0 spiro atoms. The third-order valence-electron chi connectivity index (χ3n) is 6.18. The quantitative estimate of drug-likeness (QED) is 0.679. The summed E-state index contributed by atoms with van der Waals surface area (Å²) in [5, 5.41) is 0. The van der Waals surface area contributed by atoms with Gasteiger partial charge in [0.25, 0.3) is 5.91 Å². The monoisotopic (exact) mass is 415 g/mol. The summed E-state index contributed by atoms with van der Waals surface area (Å²) in [6.07, 6.45) is 0.918. The third kappa shape index (κ3) is 4.63. The van der Waals surface area contributed by atoms with Crippen molar-refractivity contribution in [2.75, 3.05) is 45.9 Å². The van der Waals surface area contributed by atoms with E-state index < -0.39 is 11.4 Å². The largest absolute Gasteiger partial charge is 0.455 e. The van der Waals surface area contributed by atoms with Gasteiger partial charge in [0.05, 0.1) is 5.41 Å². The van der Waals surface area contributed by atoms with Crippen LogP contribution in [0.25, 0.3) is 0 Å². The molecular weight excluding hydrogens is 386 g/mol. The average Bonchev–Trinajstić information content (AvgIpc) is 2.77. The Labute approximate surface area is 176 Å². The second-order valence-corrected chi connectivity index (χ2v) is 7.92. The number of hydrogen-bond donors (Lipinski definition) is 0. The van der Waals surface area contributed by atoms with E-state index in [1.54, 1.807) is 14.7 Å². The molecular formula is C22H29N3O5. The van der Waals surface area contributed by atoms with E-state index in [0.29, 0.717) is 52.1 Å². The van der Waals surface area contributed by atoms with Gasteiger partial charge in [-0.3, -0.25) is 19.2 Å². The van der Waals surface area contributed by atoms with Gasteiger partial charge in [-0.2, -0.15) is 0 Å². The van der Waals surface area contributed by atoms with Crippen LogP contribution in [-0.4, -0.2) is 84.3 Å². The Kier molecular flexibility index (Phi) is 6.74. The van der Waals surface area contributed by atoms with Crippen LogP contribution < -0.4 is 0 Å². The minimum absolute atomic E-state index is 0.00441. The number of carbonyl (C=O) groups excluding carboxylic acids is 4. The van der Waals surface area contributed by atoms with Crippen LogP contribution in [0.1, 0.15) is 32.3 Å². The number of rotatable bonds is 4. The SMILES string of the molecule is CC(=O)N1CCN(C(=O)COC(=O)C2(c3ccccc3)CCN(C(C)=O)CC2)CC1. The van der Waals surface area contributed by atoms with E-state index in [2.05, 4.69) is 0 Å². The van der Waals surface area contributed by atoms with Gasteiger partial charge >= 0.3 is 5.97 Å². The zero-order valence-electron chi connectivity index (χ0n) is 17.6. The van der Waals surface area contributed by atoms with Crippen LogP contribution in [0.3, 0.4) is 0 Å². The van der Waals surface area contributed by atoms with E-state index in [1.165, 1.54) is 13.8 Å². The molecule has 1 aromatic carbocycles. The van der Waals surface area contributed by atoms with Crippen molar-refractivity contribution in [2.24, 2.45) is 0 Å². The maximum atomic E-state index is 13.2. The number of esters is 1. The number of likely N-dealkylation sites (tertiary alicyclic amines) is 1. The number of nitrogens with zero attached hydrogens (tertiary/aromatic N) is 3. The first kappa shape index (κ1) is 21.8. The van der Waals surface area contributed by atoms with Crippen LogP contribution in [0.2, 0.25) is 0 Å². The summed E-state index contributed by atoms with van der Waals surface area (Å²) >= 11 is 0. The molecule has 0 saturated carbocycles. The first-order chi connectivity index (χ1) is 14.3. The summed E-state index contributed by atoms with van der Waals surface area (Å²) in [5.74, 6) is -0.691. The summed E-state index contributed by atoms with van der Waals surface area (Å²) < 4.78 is 5.51. The highest BCUT2D eigenvalue weighted by molar-refractivity contribution is 5.87. The van der Waals surface area contributed by atoms with Crippen molar-refractivity contribution < 1.29 is 23.9 Å². The summed E-state index contributed by atoms with van der Waals surface area (Å²) in [6, 6.07) is 9.43. The third-order valence-corrected chi connectivity index (χ3v) is 6.18. The Morgan fingerprint density at radius 2 is 1.30 bits per heavy atom. The molecule has 2 fully saturated rings. The average molecular weight is 415 g/mol. The summed E-state index contributed by atoms with van der Waals surface area (Å²) in [4.78, 5) is 53.9. The van der Waals surface area contributed by atoms with E-state index >= 15 is 0 Å². The fourth-order valence-corrected chi connectivity index (χ4v) is 4.20. The second-order valence-electron chi connectivity index (χ2n) is 7.92. The van der Waals surface area contributed by atoms with Gasteiger partial charge in [-0.05, 0) is 18.4 Å². The lowest BCUT2D eigenvalue weighted by molar-refractivity contribution is -0.160. The Bertz CT molecular complexity index is 794. The van der Waals surface area contributed by atoms with Crippen molar-refractivity contribution >= 4 is 23.7 Å². The molecule has 0 unspecified atom stereocenters. The normalized spacial score (nSPS) is 18.7. The minimum atomic E-state index is -0.860. The summed E-state index contributed by atoms with van der Waals surface area (Å²) in [5.41, 5.74) is -0.0124. The molecule has 30 heavy (non-hydrogen) atoms. The van der Waals surface area contributed by atoms with Gasteiger partial charge in [0, 0.05) is 53.1 Å². The predicted molar refractivity (Wildman–Crippen MR) is 109 cm³/mol. The number of benzene rings is 1. The highest BCUT2D eigenvalue weighted by Crippen LogP contribution is 2.37. The topological polar surface area (TPSA) is 87.2 Å². The second kappa shape index (κ2) is 9.28. The van der Waals surface area contributed by atoms with Crippen LogP contribution in [0.5, 0.6) is 0 Å². The lowest BCUT2D eigenvalue weighted by Crippen LogP contribution is -2.52. The van der Waals surface area contributed by atoms with Gasteiger partial charge in [0.1, 0.15) is 0 Å². The van der Waals surface area contributed by atoms with Crippen molar-refractivity contribution in [1.82, 2.24) is 14.7 Å². The summed E-state index contributed by atoms with van der Waals surface area (Å²) in [6.45, 7) is 5.52. The van der Waals surface area contributed by atoms with Crippen LogP contribution in [-0.2, 0) is 29.3 Å². The molecule has 1 aromatic rings. The van der Waals surface area contributed by atoms with E-state index in [9.17, 15) is 19.2 Å². The number of piperazine rings is 1. The Morgan fingerprint density at radius 3 is 1.83 bits per heavy atom. The molecule has 0 aromatic heterocycles. The smallest absolute Gasteiger partial charge is 0.317 e. The molecule has 0 atom stereocenters. The van der Waals surface area contributed by atoms with Crippen molar-refractivity contribution in [1.29, 1.82) is 0 Å². The Morgan fingerprint density at radius 1 is 0.800 bits per heavy atom. The number of carbonyl (C=O) groups is 4. The van der Waals surface area contributed by atoms with Gasteiger partial charge in [0.2, 0.25) is 11.8 Å². The molecule has 3 rings (SSSR count). The number of piperidine rings is 1. The molecule has 2 heterocycles. The molecule has 2 aliphatic rings. The molecule has 0 aliphatic carbocycles. The maximum absolute atomic E-state index is 13.2. The number of amides is 3. The molecule has 162 valence electrons. The predicted octanol–water partition coefficient (Wildman–Crippen LogP) is 0.801. The zero-order chi connectivity index (χ0) is 21.7. The van der Waals surface area contributed by atoms with Crippen molar-refractivity contribution in [2.45, 2.75) is 32.1 Å². The zero-order valence-corrected chi connectivity index (χ0v) is 17.6. The molecule has 8 heteroatoms. The van der Waals surface area contributed by atoms with Gasteiger partial charge in [-0.15, -0.1) is 0 Å². The Balaban J connectivity index is 1.64. The fraction of sp³-hybridized carbons (Fsp3) is 0.545. The Hall–Kier alpha value is -2.90. The summed E-state index contributed by atoms with van der Waals surface area (Å²) in [7, 11) is 0. The highest BCUT2D eigenvalue weighted by atomic mass is 16.5. The standard InChI is InChI=1S/C22H29N3O5/c1-17(26)23-10-8-22(9-11-23,19-6-4-3-5-7-19)21(29)30-16-20(28)25-14-12-24(13-15-25)18(2)27/h3-7H,8-16H2,1-2H3. The lowest BCUT2D eigenvalue weighted by atomic mass is 9.72. The van der Waals surface area contributed by atoms with E-state index in [0.717, 1.165) is 5.56 Å². The first-order valence-electron chi connectivity index (χ1n) is 10.3. The fourth-order valence-electron chi connectivity index (χ4n) is 4.20. The van der Waals surface area contributed by atoms with Crippen LogP contribution in [0.4, 0.5) is 0 Å². The van der Waals surface area contributed by atoms with Crippen LogP contribution >= 0.6 is 0 Å². The van der Waals surface area contributed by atoms with E-state index in [4.69, 9.17) is 4.74 Å². The molecule has 8 nitrogen and oxygen atoms in total. The molecule has 0 N–H and O–H groups in total. The van der Waals surface area contributed by atoms with Gasteiger partial charge in [0.15, 0.2) is 6.61 Å². The molecule has 3 amide bonds.